The van der Waals surface area contributed by atoms with E-state index in [2.05, 4.69) is 54.3 Å². The minimum Gasteiger partial charge on any atom is -0.323 e. The highest BCUT2D eigenvalue weighted by atomic mass is 35.5. The third-order valence-electron chi connectivity index (χ3n) is 5.19. The molecule has 1 fully saturated rings. The zero-order chi connectivity index (χ0) is 16.9. The molecule has 2 aromatic carbocycles. The van der Waals surface area contributed by atoms with Crippen molar-refractivity contribution in [1.82, 2.24) is 4.90 Å². The van der Waals surface area contributed by atoms with Gasteiger partial charge in [-0.3, -0.25) is 4.90 Å². The van der Waals surface area contributed by atoms with Crippen LogP contribution in [0.2, 0.25) is 5.02 Å². The molecule has 128 valence electrons. The number of benzene rings is 2. The zero-order valence-corrected chi connectivity index (χ0v) is 15.1. The summed E-state index contributed by atoms with van der Waals surface area (Å²) >= 11 is 6.01. The highest BCUT2D eigenvalue weighted by molar-refractivity contribution is 6.30. The minimum atomic E-state index is 0.0452. The molecule has 1 unspecified atom stereocenters. The second kappa shape index (κ2) is 8.15. The average molecular weight is 343 g/mol. The van der Waals surface area contributed by atoms with E-state index < -0.39 is 0 Å². The molecule has 1 saturated heterocycles. The first-order valence-corrected chi connectivity index (χ1v) is 9.40. The highest BCUT2D eigenvalue weighted by Crippen LogP contribution is 2.38. The van der Waals surface area contributed by atoms with E-state index >= 15 is 0 Å². The van der Waals surface area contributed by atoms with E-state index in [1.54, 1.807) is 0 Å². The summed E-state index contributed by atoms with van der Waals surface area (Å²) in [5, 5.41) is 0.765. The molecule has 0 radical (unpaired) electrons. The summed E-state index contributed by atoms with van der Waals surface area (Å²) in [6.45, 7) is 3.39. The maximum absolute atomic E-state index is 6.60. The lowest BCUT2D eigenvalue weighted by Gasteiger charge is -2.49. The Morgan fingerprint density at radius 2 is 1.79 bits per heavy atom. The minimum absolute atomic E-state index is 0.0452. The number of halogens is 1. The number of nitrogens with two attached hydrogens (primary N) is 1. The van der Waals surface area contributed by atoms with Gasteiger partial charge in [-0.25, -0.2) is 0 Å². The van der Waals surface area contributed by atoms with Gasteiger partial charge in [0.25, 0.3) is 0 Å². The Bertz CT molecular complexity index is 626. The lowest BCUT2D eigenvalue weighted by atomic mass is 9.86. The first-order valence-electron chi connectivity index (χ1n) is 9.02. The van der Waals surface area contributed by atoms with E-state index in [0.717, 1.165) is 11.6 Å². The molecule has 1 heterocycles. The molecule has 0 amide bonds. The maximum atomic E-state index is 6.60. The summed E-state index contributed by atoms with van der Waals surface area (Å²) in [4.78, 5) is 2.60. The largest absolute Gasteiger partial charge is 0.323 e. The second-order valence-corrected chi connectivity index (χ2v) is 7.18. The molecule has 24 heavy (non-hydrogen) atoms. The first kappa shape index (κ1) is 17.5. The van der Waals surface area contributed by atoms with Crippen molar-refractivity contribution in [2.45, 2.75) is 50.7 Å². The number of nitrogens with zero attached hydrogens (tertiary/aromatic N) is 1. The monoisotopic (exact) mass is 342 g/mol. The maximum Gasteiger partial charge on any atom is 0.0453 e. The quantitative estimate of drug-likeness (QED) is 0.735. The molecule has 0 bridgehead atoms. The topological polar surface area (TPSA) is 29.3 Å². The fourth-order valence-electron chi connectivity index (χ4n) is 3.70. The fraction of sp³-hybridized carbons (Fsp3) is 0.429. The van der Waals surface area contributed by atoms with Gasteiger partial charge in [0.15, 0.2) is 0 Å². The van der Waals surface area contributed by atoms with Crippen LogP contribution >= 0.6 is 11.6 Å². The van der Waals surface area contributed by atoms with Gasteiger partial charge in [-0.05, 0) is 36.1 Å². The Balaban J connectivity index is 1.77. The van der Waals surface area contributed by atoms with Crippen LogP contribution in [0.1, 0.15) is 55.8 Å². The van der Waals surface area contributed by atoms with Gasteiger partial charge in [0.05, 0.1) is 0 Å². The molecular formula is C21H27ClN2. The van der Waals surface area contributed by atoms with Gasteiger partial charge in [-0.2, -0.15) is 0 Å². The van der Waals surface area contributed by atoms with E-state index in [9.17, 15) is 0 Å². The van der Waals surface area contributed by atoms with Crippen LogP contribution in [0.4, 0.5) is 0 Å². The normalized spacial score (nSPS) is 20.4. The molecule has 3 rings (SSSR count). The first-order chi connectivity index (χ1) is 11.7. The van der Waals surface area contributed by atoms with Crippen LogP contribution in [0, 0.1) is 0 Å². The molecule has 1 aliphatic heterocycles. The van der Waals surface area contributed by atoms with E-state index in [0.29, 0.717) is 12.1 Å². The van der Waals surface area contributed by atoms with E-state index in [1.807, 2.05) is 12.1 Å². The summed E-state index contributed by atoms with van der Waals surface area (Å²) in [6, 6.07) is 19.8. The number of hydrogen-bond acceptors (Lipinski definition) is 2. The van der Waals surface area contributed by atoms with Crippen molar-refractivity contribution in [2.24, 2.45) is 5.73 Å². The summed E-state index contributed by atoms with van der Waals surface area (Å²) < 4.78 is 0. The predicted molar refractivity (Wildman–Crippen MR) is 102 cm³/mol. The molecule has 0 aromatic heterocycles. The van der Waals surface area contributed by atoms with E-state index in [-0.39, 0.29) is 6.04 Å². The molecule has 1 aliphatic rings. The lowest BCUT2D eigenvalue weighted by molar-refractivity contribution is 0.0189. The Hall–Kier alpha value is -1.35. The standard InChI is InChI=1S/C21H27ClN2/c1-2-3-9-19(16-7-5-4-6-8-16)24-15-14-20(24)21(23)17-10-12-18(22)13-11-17/h4-8,10-13,19-21H,2-3,9,14-15,23H2,1H3/t19?,20-,21-/m0/s1. The van der Waals surface area contributed by atoms with Gasteiger partial charge in [0.2, 0.25) is 0 Å². The SMILES string of the molecule is CCCCC(c1ccccc1)N1CC[C@H]1[C@@H](N)c1ccc(Cl)cc1. The van der Waals surface area contributed by atoms with Crippen molar-refractivity contribution >= 4 is 11.6 Å². The van der Waals surface area contributed by atoms with Gasteiger partial charge >= 0.3 is 0 Å². The molecule has 0 saturated carbocycles. The van der Waals surface area contributed by atoms with Gasteiger partial charge in [-0.1, -0.05) is 73.8 Å². The van der Waals surface area contributed by atoms with Gasteiger partial charge in [0, 0.05) is 29.7 Å². The molecule has 2 nitrogen and oxygen atoms in total. The van der Waals surface area contributed by atoms with Crippen molar-refractivity contribution in [2.75, 3.05) is 6.54 Å². The van der Waals surface area contributed by atoms with Crippen molar-refractivity contribution in [3.8, 4) is 0 Å². The lowest BCUT2D eigenvalue weighted by Crippen LogP contribution is -2.54. The Morgan fingerprint density at radius 3 is 2.38 bits per heavy atom. The van der Waals surface area contributed by atoms with Gasteiger partial charge in [-0.15, -0.1) is 0 Å². The van der Waals surface area contributed by atoms with Crippen LogP contribution in [-0.2, 0) is 0 Å². The highest BCUT2D eigenvalue weighted by Gasteiger charge is 2.38. The van der Waals surface area contributed by atoms with Gasteiger partial charge in [0.1, 0.15) is 0 Å². The summed E-state index contributed by atoms with van der Waals surface area (Å²) in [7, 11) is 0. The summed E-state index contributed by atoms with van der Waals surface area (Å²) in [5.41, 5.74) is 9.19. The Morgan fingerprint density at radius 1 is 1.08 bits per heavy atom. The number of likely N-dealkylation sites (tertiary alicyclic amines) is 1. The number of rotatable bonds is 7. The van der Waals surface area contributed by atoms with Crippen LogP contribution in [0.5, 0.6) is 0 Å². The fourth-order valence-corrected chi connectivity index (χ4v) is 3.83. The van der Waals surface area contributed by atoms with Crippen LogP contribution in [0.3, 0.4) is 0 Å². The van der Waals surface area contributed by atoms with Crippen molar-refractivity contribution < 1.29 is 0 Å². The Labute approximate surface area is 150 Å². The van der Waals surface area contributed by atoms with Crippen LogP contribution in [0.15, 0.2) is 54.6 Å². The van der Waals surface area contributed by atoms with E-state index in [4.69, 9.17) is 17.3 Å². The molecule has 2 aromatic rings. The van der Waals surface area contributed by atoms with E-state index in [1.165, 1.54) is 36.8 Å². The van der Waals surface area contributed by atoms with Crippen molar-refractivity contribution in [3.05, 3.63) is 70.7 Å². The summed E-state index contributed by atoms with van der Waals surface area (Å²) in [5.74, 6) is 0. The van der Waals surface area contributed by atoms with Crippen LogP contribution in [-0.4, -0.2) is 17.5 Å². The molecule has 3 heteroatoms. The summed E-state index contributed by atoms with van der Waals surface area (Å²) in [6.07, 6.45) is 4.84. The predicted octanol–water partition coefficient (Wildman–Crippen LogP) is 5.35. The number of unbranched alkanes of at least 4 members (excludes halogenated alkanes) is 1. The van der Waals surface area contributed by atoms with Crippen LogP contribution in [0.25, 0.3) is 0 Å². The van der Waals surface area contributed by atoms with Crippen molar-refractivity contribution in [3.63, 3.8) is 0 Å². The third kappa shape index (κ3) is 3.83. The molecular weight excluding hydrogens is 316 g/mol. The third-order valence-corrected chi connectivity index (χ3v) is 5.45. The molecule has 2 N–H and O–H groups in total. The molecule has 0 aliphatic carbocycles. The smallest absolute Gasteiger partial charge is 0.0453 e. The Kier molecular flexibility index (Phi) is 5.94. The molecule has 3 atom stereocenters. The average Bonchev–Trinajstić information content (AvgIpc) is 2.58. The van der Waals surface area contributed by atoms with Crippen LogP contribution < -0.4 is 5.73 Å². The second-order valence-electron chi connectivity index (χ2n) is 6.74. The van der Waals surface area contributed by atoms with Gasteiger partial charge < -0.3 is 5.73 Å². The number of hydrogen-bond donors (Lipinski definition) is 1. The zero-order valence-electron chi connectivity index (χ0n) is 14.4. The van der Waals surface area contributed by atoms with Crippen molar-refractivity contribution in [1.29, 1.82) is 0 Å². The molecule has 0 spiro atoms.